The molecule has 0 unspecified atom stereocenters. The minimum Gasteiger partial charge on any atom is -0.278 e. The number of para-hydroxylation sites is 1. The molecule has 5 heteroatoms. The van der Waals surface area contributed by atoms with Gasteiger partial charge in [0.1, 0.15) is 4.08 Å². The van der Waals surface area contributed by atoms with E-state index in [0.717, 1.165) is 33.5 Å². The quantitative estimate of drug-likeness (QED) is 0.196. The Morgan fingerprint density at radius 1 is 0.500 bits per heavy atom. The maximum absolute atomic E-state index is 5.24. The molecule has 0 saturated heterocycles. The van der Waals surface area contributed by atoms with Crippen LogP contribution in [0.25, 0.3) is 61.4 Å². The van der Waals surface area contributed by atoms with Crippen molar-refractivity contribution in [1.82, 2.24) is 14.5 Å². The average molecular weight is 624 g/mol. The predicted octanol–water partition coefficient (Wildman–Crippen LogP) is 11.0. The molecule has 46 heavy (non-hydrogen) atoms. The second-order valence-corrected chi connectivity index (χ2v) is 14.5. The van der Waals surface area contributed by atoms with Crippen LogP contribution in [-0.4, -0.2) is 14.5 Å². The lowest BCUT2D eigenvalue weighted by molar-refractivity contribution is 0.994. The molecule has 0 amide bonds. The lowest BCUT2D eigenvalue weighted by atomic mass is 10.1. The van der Waals surface area contributed by atoms with Gasteiger partial charge in [-0.2, -0.15) is 0 Å². The second-order valence-electron chi connectivity index (χ2n) is 11.7. The van der Waals surface area contributed by atoms with Crippen molar-refractivity contribution in [2.45, 2.75) is 13.9 Å². The smallest absolute Gasteiger partial charge is 0.235 e. The number of hydrogen-bond donors (Lipinski definition) is 0. The Labute approximate surface area is 275 Å². The molecule has 2 aromatic heterocycles. The van der Waals surface area contributed by atoms with Crippen LogP contribution in [-0.2, 0) is 4.08 Å². The molecule has 3 heterocycles. The molecule has 3 nitrogen and oxygen atoms in total. The molecule has 10 rings (SSSR count). The Morgan fingerprint density at radius 3 is 1.72 bits per heavy atom. The average Bonchev–Trinajstić information content (AvgIpc) is 3.77. The summed E-state index contributed by atoms with van der Waals surface area (Å²) in [5.41, 5.74) is 11.6. The third kappa shape index (κ3) is 3.70. The topological polar surface area (TPSA) is 30.7 Å². The molecule has 1 spiro atoms. The van der Waals surface area contributed by atoms with Crippen LogP contribution in [0.2, 0.25) is 0 Å². The van der Waals surface area contributed by atoms with Crippen molar-refractivity contribution >= 4 is 45.3 Å². The van der Waals surface area contributed by atoms with Gasteiger partial charge in [0, 0.05) is 31.7 Å². The predicted molar refractivity (Wildman–Crippen MR) is 192 cm³/mol. The third-order valence-electron chi connectivity index (χ3n) is 9.16. The normalized spacial score (nSPS) is 14.1. The highest BCUT2D eigenvalue weighted by Crippen LogP contribution is 2.70. The largest absolute Gasteiger partial charge is 0.278 e. The van der Waals surface area contributed by atoms with Crippen molar-refractivity contribution in [2.75, 3.05) is 0 Å². The monoisotopic (exact) mass is 623 g/mol. The maximum Gasteiger partial charge on any atom is 0.235 e. The number of thioether (sulfide) groups is 2. The van der Waals surface area contributed by atoms with Crippen molar-refractivity contribution < 1.29 is 0 Å². The highest BCUT2D eigenvalue weighted by molar-refractivity contribution is 8.20. The summed E-state index contributed by atoms with van der Waals surface area (Å²) in [6.45, 7) is 0. The van der Waals surface area contributed by atoms with Gasteiger partial charge in [-0.3, -0.25) is 4.57 Å². The molecule has 6 aromatic carbocycles. The van der Waals surface area contributed by atoms with Gasteiger partial charge in [0.15, 0.2) is 0 Å². The highest BCUT2D eigenvalue weighted by Gasteiger charge is 2.49. The van der Waals surface area contributed by atoms with Gasteiger partial charge in [-0.05, 0) is 46.5 Å². The lowest BCUT2D eigenvalue weighted by Crippen LogP contribution is -2.12. The van der Waals surface area contributed by atoms with Crippen LogP contribution in [0.4, 0.5) is 0 Å². The van der Waals surface area contributed by atoms with E-state index in [0.29, 0.717) is 5.95 Å². The zero-order valence-electron chi connectivity index (χ0n) is 24.6. The van der Waals surface area contributed by atoms with Crippen LogP contribution >= 0.6 is 23.5 Å². The number of aromatic nitrogens is 3. The molecule has 1 aliphatic heterocycles. The Kier molecular flexibility index (Phi) is 5.66. The number of hydrogen-bond acceptors (Lipinski definition) is 4. The van der Waals surface area contributed by atoms with Crippen molar-refractivity contribution in [3.8, 4) is 39.6 Å². The van der Waals surface area contributed by atoms with Crippen LogP contribution in [0.3, 0.4) is 0 Å². The third-order valence-corrected chi connectivity index (χ3v) is 12.4. The molecule has 2 aliphatic rings. The Morgan fingerprint density at radius 2 is 1.07 bits per heavy atom. The summed E-state index contributed by atoms with van der Waals surface area (Å²) >= 11 is 3.98. The Bertz CT molecular complexity index is 2380. The molecule has 8 aromatic rings. The molecule has 0 bridgehead atoms. The van der Waals surface area contributed by atoms with Gasteiger partial charge >= 0.3 is 0 Å². The van der Waals surface area contributed by atoms with E-state index in [9.17, 15) is 0 Å². The van der Waals surface area contributed by atoms with Crippen LogP contribution in [0.15, 0.2) is 161 Å². The standard InChI is InChI=1S/C41H25N3S2/c1-3-13-26(14-4-1)33-25-34(27-15-5-2-6-16-27)43-40(42-33)44-35-22-12-9-19-30(35)38-36(44)23-24-37-39(38)46-41(45-37)31-20-10-7-17-28(31)29-18-8-11-21-32(29)41/h1-25H. The zero-order chi connectivity index (χ0) is 30.2. The number of rotatable bonds is 3. The molecule has 0 N–H and O–H groups in total. The van der Waals surface area contributed by atoms with Gasteiger partial charge < -0.3 is 0 Å². The van der Waals surface area contributed by atoms with E-state index in [-0.39, 0.29) is 4.08 Å². The molecule has 216 valence electrons. The minimum atomic E-state index is -0.225. The number of nitrogens with zero attached hydrogens (tertiary/aromatic N) is 3. The van der Waals surface area contributed by atoms with Gasteiger partial charge in [-0.15, -0.1) is 0 Å². The molecule has 0 fully saturated rings. The van der Waals surface area contributed by atoms with E-state index < -0.39 is 0 Å². The van der Waals surface area contributed by atoms with E-state index in [1.807, 2.05) is 35.7 Å². The summed E-state index contributed by atoms with van der Waals surface area (Å²) in [6.07, 6.45) is 0. The molecule has 0 saturated carbocycles. The van der Waals surface area contributed by atoms with E-state index in [2.05, 4.69) is 144 Å². The summed E-state index contributed by atoms with van der Waals surface area (Å²) in [4.78, 5) is 13.1. The summed E-state index contributed by atoms with van der Waals surface area (Å²) in [6, 6.07) is 54.0. The summed E-state index contributed by atoms with van der Waals surface area (Å²) in [5.74, 6) is 0.674. The fourth-order valence-electron chi connectivity index (χ4n) is 7.15. The lowest BCUT2D eigenvalue weighted by Gasteiger charge is -2.24. The first kappa shape index (κ1) is 26.1. The van der Waals surface area contributed by atoms with Gasteiger partial charge in [-0.25, -0.2) is 9.97 Å². The van der Waals surface area contributed by atoms with E-state index in [4.69, 9.17) is 9.97 Å². The molecule has 0 atom stereocenters. The van der Waals surface area contributed by atoms with Crippen LogP contribution in [0.5, 0.6) is 0 Å². The maximum atomic E-state index is 5.24. The first-order valence-corrected chi connectivity index (χ1v) is 17.1. The summed E-state index contributed by atoms with van der Waals surface area (Å²) < 4.78 is 2.04. The van der Waals surface area contributed by atoms with Gasteiger partial charge in [0.2, 0.25) is 5.95 Å². The fraction of sp³-hybridized carbons (Fsp3) is 0.0244. The fourth-order valence-corrected chi connectivity index (χ4v) is 10.7. The zero-order valence-corrected chi connectivity index (χ0v) is 26.2. The van der Waals surface area contributed by atoms with E-state index in [1.165, 1.54) is 42.8 Å². The molecular formula is C41H25N3S2. The Hall–Kier alpha value is -5.10. The molecule has 0 radical (unpaired) electrons. The summed E-state index contributed by atoms with van der Waals surface area (Å²) in [7, 11) is 0. The van der Waals surface area contributed by atoms with Crippen LogP contribution in [0, 0.1) is 0 Å². The minimum absolute atomic E-state index is 0.225. The van der Waals surface area contributed by atoms with Crippen LogP contribution < -0.4 is 0 Å². The van der Waals surface area contributed by atoms with Gasteiger partial charge in [-0.1, -0.05) is 151 Å². The highest BCUT2D eigenvalue weighted by atomic mass is 32.2. The molecule has 1 aliphatic carbocycles. The number of fused-ring (bicyclic) bond motifs is 10. The van der Waals surface area contributed by atoms with Crippen LogP contribution in [0.1, 0.15) is 11.1 Å². The molecular weight excluding hydrogens is 599 g/mol. The second kappa shape index (κ2) is 9.95. The first-order valence-electron chi connectivity index (χ1n) is 15.4. The Balaban J connectivity index is 1.23. The summed E-state index contributed by atoms with van der Waals surface area (Å²) in [5, 5.41) is 2.48. The van der Waals surface area contributed by atoms with Crippen molar-refractivity contribution in [3.63, 3.8) is 0 Å². The SMILES string of the molecule is c1ccc(-c2cc(-c3ccccc3)nc(-n3c4ccccc4c4c5c(ccc43)SC3(S5)c4ccccc4-c4ccccc43)n2)cc1. The number of benzene rings is 6. The van der Waals surface area contributed by atoms with Gasteiger partial charge in [0.05, 0.1) is 22.4 Å². The van der Waals surface area contributed by atoms with Crippen molar-refractivity contribution in [2.24, 2.45) is 0 Å². The van der Waals surface area contributed by atoms with Crippen molar-refractivity contribution in [1.29, 1.82) is 0 Å². The van der Waals surface area contributed by atoms with Gasteiger partial charge in [0.25, 0.3) is 0 Å². The first-order chi connectivity index (χ1) is 22.8. The van der Waals surface area contributed by atoms with Crippen molar-refractivity contribution in [3.05, 3.63) is 163 Å². The van der Waals surface area contributed by atoms with E-state index >= 15 is 0 Å². The van der Waals surface area contributed by atoms with E-state index in [1.54, 1.807) is 0 Å².